The fraction of sp³-hybridized carbons (Fsp3) is 0.300. The van der Waals surface area contributed by atoms with E-state index in [-0.39, 0.29) is 11.7 Å². The summed E-state index contributed by atoms with van der Waals surface area (Å²) in [6.07, 6.45) is 0. The van der Waals surface area contributed by atoms with Crippen molar-refractivity contribution in [2.24, 2.45) is 0 Å². The Kier molecular flexibility index (Phi) is 1.72. The molecule has 1 aliphatic rings. The number of aromatic hydroxyl groups is 1. The van der Waals surface area contributed by atoms with E-state index in [9.17, 15) is 9.90 Å². The maximum atomic E-state index is 11.5. The van der Waals surface area contributed by atoms with Crippen molar-refractivity contribution in [3.05, 3.63) is 29.3 Å². The summed E-state index contributed by atoms with van der Waals surface area (Å²) in [5.41, 5.74) is 1.16. The maximum absolute atomic E-state index is 11.5. The van der Waals surface area contributed by atoms with Crippen molar-refractivity contribution in [2.45, 2.75) is 6.92 Å². The van der Waals surface area contributed by atoms with Crippen molar-refractivity contribution in [3.8, 4) is 5.75 Å². The van der Waals surface area contributed by atoms with Crippen molar-refractivity contribution in [1.29, 1.82) is 0 Å². The number of carbonyl (C=O) groups excluding carboxylic acids is 1. The zero-order valence-electron chi connectivity index (χ0n) is 7.45. The standard InChI is InChI=1S/C10H11NO2/c1-7-3-2-4-8(9(7)12)10(13)11-5-6-11/h2-4,12H,5-6H2,1H3. The Balaban J connectivity index is 2.38. The molecule has 13 heavy (non-hydrogen) atoms. The Hall–Kier alpha value is -1.51. The van der Waals surface area contributed by atoms with E-state index in [0.29, 0.717) is 5.56 Å². The molecule has 1 aromatic carbocycles. The Labute approximate surface area is 76.6 Å². The van der Waals surface area contributed by atoms with Crippen molar-refractivity contribution in [2.75, 3.05) is 13.1 Å². The molecule has 1 heterocycles. The molecular formula is C10H11NO2. The Morgan fingerprint density at radius 3 is 2.77 bits per heavy atom. The summed E-state index contributed by atoms with van der Waals surface area (Å²) in [6, 6.07) is 5.23. The van der Waals surface area contributed by atoms with Gasteiger partial charge >= 0.3 is 0 Å². The van der Waals surface area contributed by atoms with Gasteiger partial charge in [-0.05, 0) is 18.6 Å². The molecule has 0 unspecified atom stereocenters. The monoisotopic (exact) mass is 177 g/mol. The van der Waals surface area contributed by atoms with Gasteiger partial charge in [-0.1, -0.05) is 12.1 Å². The molecule has 1 N–H and O–H groups in total. The highest BCUT2D eigenvalue weighted by atomic mass is 16.3. The number of hydrogen-bond donors (Lipinski definition) is 1. The van der Waals surface area contributed by atoms with Crippen molar-refractivity contribution >= 4 is 5.91 Å². The molecule has 0 saturated carbocycles. The van der Waals surface area contributed by atoms with Crippen LogP contribution in [0.4, 0.5) is 0 Å². The first kappa shape index (κ1) is 8.10. The summed E-state index contributed by atoms with van der Waals surface area (Å²) in [4.78, 5) is 13.2. The van der Waals surface area contributed by atoms with E-state index in [0.717, 1.165) is 18.7 Å². The van der Waals surface area contributed by atoms with E-state index in [4.69, 9.17) is 0 Å². The maximum Gasteiger partial charge on any atom is 0.257 e. The average molecular weight is 177 g/mol. The summed E-state index contributed by atoms with van der Waals surface area (Å²) in [7, 11) is 0. The van der Waals surface area contributed by atoms with Crippen molar-refractivity contribution in [3.63, 3.8) is 0 Å². The number of amides is 1. The summed E-state index contributed by atoms with van der Waals surface area (Å²) < 4.78 is 0. The van der Waals surface area contributed by atoms with Gasteiger partial charge in [-0.2, -0.15) is 0 Å². The highest BCUT2D eigenvalue weighted by Crippen LogP contribution is 2.24. The number of nitrogens with zero attached hydrogens (tertiary/aromatic N) is 1. The van der Waals surface area contributed by atoms with Gasteiger partial charge in [-0.15, -0.1) is 0 Å². The third-order valence-corrected chi connectivity index (χ3v) is 2.20. The summed E-state index contributed by atoms with van der Waals surface area (Å²) in [5, 5.41) is 9.60. The molecule has 1 aromatic rings. The number of benzene rings is 1. The molecule has 1 saturated heterocycles. The number of hydrogen-bond acceptors (Lipinski definition) is 2. The van der Waals surface area contributed by atoms with Gasteiger partial charge in [0.25, 0.3) is 5.91 Å². The van der Waals surface area contributed by atoms with Crippen LogP contribution in [0.1, 0.15) is 15.9 Å². The zero-order valence-corrected chi connectivity index (χ0v) is 7.45. The first-order valence-electron chi connectivity index (χ1n) is 4.28. The van der Waals surface area contributed by atoms with E-state index < -0.39 is 0 Å². The Bertz CT molecular complexity index is 356. The smallest absolute Gasteiger partial charge is 0.257 e. The van der Waals surface area contributed by atoms with Crippen molar-refractivity contribution < 1.29 is 9.90 Å². The second-order valence-corrected chi connectivity index (χ2v) is 3.26. The average Bonchev–Trinajstić information content (AvgIpc) is 2.91. The molecule has 68 valence electrons. The first-order chi connectivity index (χ1) is 6.20. The van der Waals surface area contributed by atoms with Crippen LogP contribution in [0.3, 0.4) is 0 Å². The van der Waals surface area contributed by atoms with Crippen LogP contribution in [0.5, 0.6) is 5.75 Å². The lowest BCUT2D eigenvalue weighted by Gasteiger charge is -2.05. The Morgan fingerprint density at radius 1 is 1.46 bits per heavy atom. The van der Waals surface area contributed by atoms with Crippen LogP contribution in [0.15, 0.2) is 18.2 Å². The van der Waals surface area contributed by atoms with Crippen LogP contribution in [-0.4, -0.2) is 29.0 Å². The number of aryl methyl sites for hydroxylation is 1. The normalized spacial score (nSPS) is 14.4. The van der Waals surface area contributed by atoms with Gasteiger partial charge in [0.05, 0.1) is 5.56 Å². The highest BCUT2D eigenvalue weighted by molar-refractivity contribution is 5.98. The first-order valence-corrected chi connectivity index (χ1v) is 4.28. The minimum Gasteiger partial charge on any atom is -0.507 e. The van der Waals surface area contributed by atoms with E-state index >= 15 is 0 Å². The molecule has 2 rings (SSSR count). The quantitative estimate of drug-likeness (QED) is 0.654. The second kappa shape index (κ2) is 2.76. The fourth-order valence-electron chi connectivity index (χ4n) is 1.25. The van der Waals surface area contributed by atoms with Gasteiger partial charge in [0.1, 0.15) is 5.75 Å². The van der Waals surface area contributed by atoms with Crippen LogP contribution in [-0.2, 0) is 0 Å². The van der Waals surface area contributed by atoms with Crippen LogP contribution in [0.2, 0.25) is 0 Å². The van der Waals surface area contributed by atoms with Gasteiger partial charge in [-0.25, -0.2) is 0 Å². The van der Waals surface area contributed by atoms with Crippen LogP contribution < -0.4 is 0 Å². The molecule has 0 atom stereocenters. The summed E-state index contributed by atoms with van der Waals surface area (Å²) in [5.74, 6) is 0.0422. The molecule has 0 spiro atoms. The zero-order chi connectivity index (χ0) is 9.42. The number of phenols is 1. The Morgan fingerprint density at radius 2 is 2.15 bits per heavy atom. The second-order valence-electron chi connectivity index (χ2n) is 3.26. The molecule has 3 nitrogen and oxygen atoms in total. The molecule has 1 aliphatic heterocycles. The molecule has 0 aromatic heterocycles. The number of carbonyl (C=O) groups is 1. The lowest BCUT2D eigenvalue weighted by atomic mass is 10.1. The lowest BCUT2D eigenvalue weighted by Crippen LogP contribution is -2.10. The molecule has 0 bridgehead atoms. The topological polar surface area (TPSA) is 40.3 Å². The third kappa shape index (κ3) is 1.37. The molecule has 0 aliphatic carbocycles. The van der Waals surface area contributed by atoms with E-state index in [1.807, 2.05) is 0 Å². The minimum absolute atomic E-state index is 0.0683. The lowest BCUT2D eigenvalue weighted by molar-refractivity contribution is 0.0882. The van der Waals surface area contributed by atoms with Crippen molar-refractivity contribution in [1.82, 2.24) is 4.90 Å². The van der Waals surface area contributed by atoms with E-state index in [1.165, 1.54) is 0 Å². The van der Waals surface area contributed by atoms with E-state index in [1.54, 1.807) is 30.0 Å². The van der Waals surface area contributed by atoms with Gasteiger partial charge in [-0.3, -0.25) is 4.79 Å². The minimum atomic E-state index is -0.0683. The third-order valence-electron chi connectivity index (χ3n) is 2.20. The van der Waals surface area contributed by atoms with E-state index in [2.05, 4.69) is 0 Å². The predicted octanol–water partition coefficient (Wildman–Crippen LogP) is 1.16. The predicted molar refractivity (Wildman–Crippen MR) is 48.7 cm³/mol. The van der Waals surface area contributed by atoms with Gasteiger partial charge in [0.2, 0.25) is 0 Å². The largest absolute Gasteiger partial charge is 0.507 e. The molecular weight excluding hydrogens is 166 g/mol. The van der Waals surface area contributed by atoms with Crippen LogP contribution in [0.25, 0.3) is 0 Å². The molecule has 1 amide bonds. The molecule has 3 heteroatoms. The SMILES string of the molecule is Cc1cccc(C(=O)N2CC2)c1O. The molecule has 1 fully saturated rings. The van der Waals surface area contributed by atoms with Crippen LogP contribution in [0, 0.1) is 6.92 Å². The van der Waals surface area contributed by atoms with Gasteiger partial charge in [0.15, 0.2) is 0 Å². The summed E-state index contributed by atoms with van der Waals surface area (Å²) in [6.45, 7) is 3.41. The van der Waals surface area contributed by atoms with Crippen LogP contribution >= 0.6 is 0 Å². The fourth-order valence-corrected chi connectivity index (χ4v) is 1.25. The van der Waals surface area contributed by atoms with Gasteiger partial charge in [0, 0.05) is 13.1 Å². The molecule has 0 radical (unpaired) electrons. The summed E-state index contributed by atoms with van der Waals surface area (Å²) >= 11 is 0. The highest BCUT2D eigenvalue weighted by Gasteiger charge is 2.27. The number of rotatable bonds is 1. The number of phenolic OH excluding ortho intramolecular Hbond substituents is 1. The van der Waals surface area contributed by atoms with Gasteiger partial charge < -0.3 is 10.0 Å². The number of para-hydroxylation sites is 1.